The summed E-state index contributed by atoms with van der Waals surface area (Å²) in [5, 5.41) is 9.11. The fourth-order valence-electron chi connectivity index (χ4n) is 2.02. The van der Waals surface area contributed by atoms with E-state index in [-0.39, 0.29) is 12.5 Å². The number of carboxylic acids is 1. The van der Waals surface area contributed by atoms with Gasteiger partial charge in [-0.25, -0.2) is 0 Å². The molecule has 0 aromatic carbocycles. The molecular formula is C11H19N3O4. The minimum Gasteiger partial charge on any atom is -0.480 e. The summed E-state index contributed by atoms with van der Waals surface area (Å²) >= 11 is 0. The lowest BCUT2D eigenvalue weighted by atomic mass is 9.92. The van der Waals surface area contributed by atoms with Gasteiger partial charge in [0.15, 0.2) is 0 Å². The van der Waals surface area contributed by atoms with Crippen LogP contribution >= 0.6 is 0 Å². The summed E-state index contributed by atoms with van der Waals surface area (Å²) in [5.74, 6) is -1.34. The van der Waals surface area contributed by atoms with Gasteiger partial charge < -0.3 is 5.11 Å². The monoisotopic (exact) mass is 257 g/mol. The Morgan fingerprint density at radius 1 is 1.33 bits per heavy atom. The van der Waals surface area contributed by atoms with Crippen molar-refractivity contribution in [3.05, 3.63) is 0 Å². The molecule has 2 atom stereocenters. The first-order valence-corrected chi connectivity index (χ1v) is 5.92. The van der Waals surface area contributed by atoms with Crippen LogP contribution in [0.3, 0.4) is 0 Å². The predicted molar refractivity (Wildman–Crippen MR) is 63.4 cm³/mol. The Bertz CT molecular complexity index is 345. The van der Waals surface area contributed by atoms with Gasteiger partial charge in [0, 0.05) is 6.92 Å². The molecule has 1 heterocycles. The number of hydrogen-bond donors (Lipinski definition) is 3. The van der Waals surface area contributed by atoms with Crippen LogP contribution in [0, 0.1) is 5.92 Å². The number of carboxylic acid groups (broad SMARTS) is 1. The zero-order valence-corrected chi connectivity index (χ0v) is 10.6. The third-order valence-electron chi connectivity index (χ3n) is 2.99. The predicted octanol–water partition coefficient (Wildman–Crippen LogP) is -0.661. The van der Waals surface area contributed by atoms with Crippen LogP contribution in [0.5, 0.6) is 0 Å². The van der Waals surface area contributed by atoms with Gasteiger partial charge in [0.25, 0.3) is 5.91 Å². The van der Waals surface area contributed by atoms with Gasteiger partial charge in [0.2, 0.25) is 5.91 Å². The summed E-state index contributed by atoms with van der Waals surface area (Å²) < 4.78 is 0. The van der Waals surface area contributed by atoms with E-state index in [2.05, 4.69) is 10.9 Å². The van der Waals surface area contributed by atoms with E-state index in [0.717, 1.165) is 6.42 Å². The molecule has 0 aromatic rings. The number of piperidine rings is 1. The first kappa shape index (κ1) is 14.4. The molecule has 1 fully saturated rings. The molecule has 7 nitrogen and oxygen atoms in total. The summed E-state index contributed by atoms with van der Waals surface area (Å²) in [7, 11) is 0. The number of rotatable bonds is 3. The topological polar surface area (TPSA) is 98.7 Å². The fourth-order valence-corrected chi connectivity index (χ4v) is 2.02. The molecule has 18 heavy (non-hydrogen) atoms. The number of hydrazine groups is 1. The van der Waals surface area contributed by atoms with Crippen molar-refractivity contribution in [2.45, 2.75) is 32.7 Å². The lowest BCUT2D eigenvalue weighted by molar-refractivity contribution is -0.146. The Kier molecular flexibility index (Phi) is 5.08. The van der Waals surface area contributed by atoms with E-state index in [1.807, 2.05) is 6.92 Å². The summed E-state index contributed by atoms with van der Waals surface area (Å²) in [6.07, 6.45) is 1.42. The molecule has 0 aliphatic carbocycles. The van der Waals surface area contributed by atoms with Gasteiger partial charge >= 0.3 is 5.97 Å². The average Bonchev–Trinajstić information content (AvgIpc) is 2.28. The number of nitrogens with zero attached hydrogens (tertiary/aromatic N) is 1. The Morgan fingerprint density at radius 2 is 2.00 bits per heavy atom. The SMILES string of the molecule is CC(=O)NNC(=O)CN1CCC(C)CC1C(=O)O. The Hall–Kier alpha value is -1.63. The van der Waals surface area contributed by atoms with Crippen molar-refractivity contribution in [3.8, 4) is 0 Å². The summed E-state index contributed by atoms with van der Waals surface area (Å²) in [4.78, 5) is 34.9. The molecule has 0 aromatic heterocycles. The molecule has 2 amide bonds. The van der Waals surface area contributed by atoms with Crippen LogP contribution in [0.25, 0.3) is 0 Å². The standard InChI is InChI=1S/C11H19N3O4/c1-7-3-4-14(9(5-7)11(17)18)6-10(16)13-12-8(2)15/h7,9H,3-6H2,1-2H3,(H,12,15)(H,13,16)(H,17,18). The summed E-state index contributed by atoms with van der Waals surface area (Å²) in [6, 6.07) is -0.628. The van der Waals surface area contributed by atoms with Crippen LogP contribution in [0.4, 0.5) is 0 Å². The zero-order chi connectivity index (χ0) is 13.7. The molecule has 0 bridgehead atoms. The first-order chi connectivity index (χ1) is 8.40. The van der Waals surface area contributed by atoms with E-state index in [4.69, 9.17) is 5.11 Å². The number of hydrogen-bond acceptors (Lipinski definition) is 4. The van der Waals surface area contributed by atoms with Crippen molar-refractivity contribution in [1.82, 2.24) is 15.8 Å². The maximum atomic E-state index is 11.5. The van der Waals surface area contributed by atoms with Crippen molar-refractivity contribution in [1.29, 1.82) is 0 Å². The second kappa shape index (κ2) is 6.34. The van der Waals surface area contributed by atoms with Gasteiger partial charge in [-0.2, -0.15) is 0 Å². The van der Waals surface area contributed by atoms with E-state index < -0.39 is 17.9 Å². The Morgan fingerprint density at radius 3 is 2.56 bits per heavy atom. The fraction of sp³-hybridized carbons (Fsp3) is 0.727. The highest BCUT2D eigenvalue weighted by molar-refractivity contribution is 5.82. The number of likely N-dealkylation sites (tertiary alicyclic amines) is 1. The van der Waals surface area contributed by atoms with Crippen LogP contribution in [-0.4, -0.2) is 46.9 Å². The second-order valence-electron chi connectivity index (χ2n) is 4.68. The van der Waals surface area contributed by atoms with Crippen molar-refractivity contribution >= 4 is 17.8 Å². The third kappa shape index (κ3) is 4.33. The molecule has 0 spiro atoms. The molecule has 0 radical (unpaired) electrons. The van der Waals surface area contributed by atoms with Gasteiger partial charge in [0.1, 0.15) is 6.04 Å². The highest BCUT2D eigenvalue weighted by Gasteiger charge is 2.32. The second-order valence-corrected chi connectivity index (χ2v) is 4.68. The largest absolute Gasteiger partial charge is 0.480 e. The summed E-state index contributed by atoms with van der Waals surface area (Å²) in [6.45, 7) is 3.84. The summed E-state index contributed by atoms with van der Waals surface area (Å²) in [5.41, 5.74) is 4.40. The number of amides is 2. The molecule has 1 saturated heterocycles. The molecule has 0 saturated carbocycles. The zero-order valence-electron chi connectivity index (χ0n) is 10.6. The van der Waals surface area contributed by atoms with Gasteiger partial charge in [-0.1, -0.05) is 6.92 Å². The van der Waals surface area contributed by atoms with E-state index in [0.29, 0.717) is 18.9 Å². The molecule has 7 heteroatoms. The number of carbonyl (C=O) groups excluding carboxylic acids is 2. The minimum absolute atomic E-state index is 0.0238. The molecule has 1 aliphatic heterocycles. The van der Waals surface area contributed by atoms with Crippen molar-refractivity contribution in [2.24, 2.45) is 5.92 Å². The quantitative estimate of drug-likeness (QED) is 0.583. The number of aliphatic carboxylic acids is 1. The van der Waals surface area contributed by atoms with Gasteiger partial charge in [-0.3, -0.25) is 30.1 Å². The van der Waals surface area contributed by atoms with Gasteiger partial charge in [0.05, 0.1) is 6.54 Å². The van der Waals surface area contributed by atoms with Gasteiger partial charge in [-0.15, -0.1) is 0 Å². The van der Waals surface area contributed by atoms with Crippen molar-refractivity contribution < 1.29 is 19.5 Å². The molecular weight excluding hydrogens is 238 g/mol. The molecule has 102 valence electrons. The number of carbonyl (C=O) groups is 3. The lowest BCUT2D eigenvalue weighted by Gasteiger charge is -2.35. The normalized spacial score (nSPS) is 24.3. The minimum atomic E-state index is -0.908. The third-order valence-corrected chi connectivity index (χ3v) is 2.99. The molecule has 3 N–H and O–H groups in total. The van der Waals surface area contributed by atoms with Crippen LogP contribution in [0.2, 0.25) is 0 Å². The van der Waals surface area contributed by atoms with E-state index >= 15 is 0 Å². The van der Waals surface area contributed by atoms with E-state index in [1.165, 1.54) is 6.92 Å². The smallest absolute Gasteiger partial charge is 0.320 e. The van der Waals surface area contributed by atoms with Crippen LogP contribution in [-0.2, 0) is 14.4 Å². The molecule has 1 rings (SSSR count). The molecule has 1 aliphatic rings. The highest BCUT2D eigenvalue weighted by atomic mass is 16.4. The highest BCUT2D eigenvalue weighted by Crippen LogP contribution is 2.22. The molecule has 2 unspecified atom stereocenters. The average molecular weight is 257 g/mol. The maximum Gasteiger partial charge on any atom is 0.320 e. The van der Waals surface area contributed by atoms with E-state index in [1.54, 1.807) is 4.90 Å². The van der Waals surface area contributed by atoms with Crippen LogP contribution in [0.1, 0.15) is 26.7 Å². The maximum absolute atomic E-state index is 11.5. The van der Waals surface area contributed by atoms with Crippen molar-refractivity contribution in [3.63, 3.8) is 0 Å². The Labute approximate surface area is 105 Å². The van der Waals surface area contributed by atoms with Gasteiger partial charge in [-0.05, 0) is 25.3 Å². The first-order valence-electron chi connectivity index (χ1n) is 5.92. The Balaban J connectivity index is 2.50. The van der Waals surface area contributed by atoms with Crippen LogP contribution < -0.4 is 10.9 Å². The lowest BCUT2D eigenvalue weighted by Crippen LogP contribution is -2.52. The van der Waals surface area contributed by atoms with E-state index in [9.17, 15) is 14.4 Å². The number of nitrogens with one attached hydrogen (secondary N) is 2. The van der Waals surface area contributed by atoms with Crippen LogP contribution in [0.15, 0.2) is 0 Å². The van der Waals surface area contributed by atoms with Crippen molar-refractivity contribution in [2.75, 3.05) is 13.1 Å².